The Hall–Kier alpha value is -2.31. The summed E-state index contributed by atoms with van der Waals surface area (Å²) in [5.74, 6) is 0. The van der Waals surface area contributed by atoms with Crippen LogP contribution in [0.3, 0.4) is 0 Å². The number of carbonyl (C=O) groups is 1. The number of benzene rings is 1. The van der Waals surface area contributed by atoms with Gasteiger partial charge in [0.25, 0.3) is 5.69 Å². The van der Waals surface area contributed by atoms with Crippen molar-refractivity contribution in [2.45, 2.75) is 32.8 Å². The van der Waals surface area contributed by atoms with E-state index in [-0.39, 0.29) is 5.69 Å². The molecule has 0 unspecified atom stereocenters. The minimum atomic E-state index is -0.509. The Labute approximate surface area is 123 Å². The second-order valence-corrected chi connectivity index (χ2v) is 5.52. The van der Waals surface area contributed by atoms with E-state index in [4.69, 9.17) is 4.74 Å². The number of hydrogen-bond acceptors (Lipinski definition) is 5. The van der Waals surface area contributed by atoms with E-state index in [1.54, 1.807) is 32.9 Å². The summed E-state index contributed by atoms with van der Waals surface area (Å²) in [4.78, 5) is 21.6. The van der Waals surface area contributed by atoms with E-state index in [1.165, 1.54) is 12.1 Å². The maximum atomic E-state index is 11.4. The predicted octanol–water partition coefficient (Wildman–Crippen LogP) is 2.92. The van der Waals surface area contributed by atoms with Crippen molar-refractivity contribution in [3.8, 4) is 0 Å². The molecule has 21 heavy (non-hydrogen) atoms. The molecule has 0 aromatic heterocycles. The fraction of sp³-hybridized carbons (Fsp3) is 0.500. The van der Waals surface area contributed by atoms with Gasteiger partial charge in [-0.2, -0.15) is 0 Å². The van der Waals surface area contributed by atoms with Gasteiger partial charge in [-0.15, -0.1) is 0 Å². The molecular weight excluding hydrogens is 274 g/mol. The molecule has 0 spiro atoms. The maximum Gasteiger partial charge on any atom is 0.407 e. The normalized spacial score (nSPS) is 10.8. The lowest BCUT2D eigenvalue weighted by Gasteiger charge is -2.19. The topological polar surface area (TPSA) is 93.5 Å². The molecule has 7 heteroatoms. The van der Waals surface area contributed by atoms with Crippen LogP contribution in [0.15, 0.2) is 24.3 Å². The average Bonchev–Trinajstić information content (AvgIpc) is 2.36. The molecule has 116 valence electrons. The summed E-state index contributed by atoms with van der Waals surface area (Å²) in [5.41, 5.74) is 0.221. The van der Waals surface area contributed by atoms with Gasteiger partial charge in [-0.05, 0) is 33.3 Å². The van der Waals surface area contributed by atoms with Crippen LogP contribution in [0.2, 0.25) is 0 Å². The van der Waals surface area contributed by atoms with E-state index in [0.717, 1.165) is 0 Å². The van der Waals surface area contributed by atoms with Crippen LogP contribution in [0.25, 0.3) is 0 Å². The number of non-ortho nitro benzene ring substituents is 1. The van der Waals surface area contributed by atoms with Gasteiger partial charge in [0.1, 0.15) is 5.60 Å². The number of alkyl carbamates (subject to hydrolysis) is 1. The van der Waals surface area contributed by atoms with Gasteiger partial charge < -0.3 is 15.4 Å². The minimum Gasteiger partial charge on any atom is -0.444 e. The number of hydrogen-bond donors (Lipinski definition) is 2. The molecule has 1 rings (SSSR count). The molecule has 0 fully saturated rings. The molecule has 0 saturated heterocycles. The SMILES string of the molecule is CC(C)(C)OC(=O)NCCCNc1cccc([N+](=O)[O-])c1. The first-order valence-corrected chi connectivity index (χ1v) is 6.73. The van der Waals surface area contributed by atoms with Gasteiger partial charge in [0.15, 0.2) is 0 Å². The van der Waals surface area contributed by atoms with Crippen molar-refractivity contribution in [3.63, 3.8) is 0 Å². The van der Waals surface area contributed by atoms with E-state index in [1.807, 2.05) is 0 Å². The van der Waals surface area contributed by atoms with E-state index < -0.39 is 16.6 Å². The lowest BCUT2D eigenvalue weighted by Crippen LogP contribution is -2.33. The summed E-state index contributed by atoms with van der Waals surface area (Å²) in [7, 11) is 0. The molecule has 0 heterocycles. The standard InChI is InChI=1S/C14H21N3O4/c1-14(2,3)21-13(18)16-9-5-8-15-11-6-4-7-12(10-11)17(19)20/h4,6-7,10,15H,5,8-9H2,1-3H3,(H,16,18). The number of nitro benzene ring substituents is 1. The predicted molar refractivity (Wildman–Crippen MR) is 80.4 cm³/mol. The van der Waals surface area contributed by atoms with Crippen LogP contribution in [0.1, 0.15) is 27.2 Å². The molecule has 1 amide bonds. The Morgan fingerprint density at radius 3 is 2.67 bits per heavy atom. The van der Waals surface area contributed by atoms with Gasteiger partial charge in [0.2, 0.25) is 0 Å². The van der Waals surface area contributed by atoms with Crippen LogP contribution in [0.5, 0.6) is 0 Å². The summed E-state index contributed by atoms with van der Waals surface area (Å²) >= 11 is 0. The first-order valence-electron chi connectivity index (χ1n) is 6.73. The Bertz CT molecular complexity index is 497. The van der Waals surface area contributed by atoms with Crippen molar-refractivity contribution >= 4 is 17.5 Å². The highest BCUT2D eigenvalue weighted by atomic mass is 16.6. The van der Waals surface area contributed by atoms with E-state index in [0.29, 0.717) is 25.2 Å². The molecular formula is C14H21N3O4. The Morgan fingerprint density at radius 2 is 2.05 bits per heavy atom. The molecule has 0 radical (unpaired) electrons. The van der Waals surface area contributed by atoms with Gasteiger partial charge in [-0.25, -0.2) is 4.79 Å². The van der Waals surface area contributed by atoms with E-state index in [9.17, 15) is 14.9 Å². The van der Waals surface area contributed by atoms with E-state index >= 15 is 0 Å². The number of ether oxygens (including phenoxy) is 1. The van der Waals surface area contributed by atoms with Gasteiger partial charge in [-0.3, -0.25) is 10.1 Å². The summed E-state index contributed by atoms with van der Waals surface area (Å²) < 4.78 is 5.10. The van der Waals surface area contributed by atoms with Crippen molar-refractivity contribution in [1.29, 1.82) is 0 Å². The molecule has 0 aliphatic rings. The van der Waals surface area contributed by atoms with Crippen LogP contribution in [0, 0.1) is 10.1 Å². The largest absolute Gasteiger partial charge is 0.444 e. The van der Waals surface area contributed by atoms with Gasteiger partial charge >= 0.3 is 6.09 Å². The summed E-state index contributed by atoms with van der Waals surface area (Å²) in [6.07, 6.45) is 0.236. The Morgan fingerprint density at radius 1 is 1.33 bits per heavy atom. The molecule has 2 N–H and O–H groups in total. The summed E-state index contributed by atoms with van der Waals surface area (Å²) in [5, 5.41) is 16.3. The number of nitrogens with one attached hydrogen (secondary N) is 2. The molecule has 0 atom stereocenters. The first kappa shape index (κ1) is 16.7. The van der Waals surface area contributed by atoms with Gasteiger partial charge in [0.05, 0.1) is 4.92 Å². The van der Waals surface area contributed by atoms with E-state index in [2.05, 4.69) is 10.6 Å². The second kappa shape index (κ2) is 7.47. The average molecular weight is 295 g/mol. The van der Waals surface area contributed by atoms with Crippen LogP contribution < -0.4 is 10.6 Å². The third kappa shape index (κ3) is 7.14. The molecule has 1 aromatic carbocycles. The number of nitrogens with zero attached hydrogens (tertiary/aromatic N) is 1. The van der Waals surface area contributed by atoms with Gasteiger partial charge in [0, 0.05) is 30.9 Å². The molecule has 0 bridgehead atoms. The zero-order valence-electron chi connectivity index (χ0n) is 12.5. The quantitative estimate of drug-likeness (QED) is 0.478. The smallest absolute Gasteiger partial charge is 0.407 e. The highest BCUT2D eigenvalue weighted by Crippen LogP contribution is 2.16. The van der Waals surface area contributed by atoms with Crippen LogP contribution >= 0.6 is 0 Å². The zero-order chi connectivity index (χ0) is 15.9. The van der Waals surface area contributed by atoms with Crippen LogP contribution in [-0.2, 0) is 4.74 Å². The summed E-state index contributed by atoms with van der Waals surface area (Å²) in [6.45, 7) is 6.47. The zero-order valence-corrected chi connectivity index (χ0v) is 12.5. The Balaban J connectivity index is 2.24. The Kier molecular flexibility index (Phi) is 5.95. The number of anilines is 1. The molecule has 0 saturated carbocycles. The molecule has 7 nitrogen and oxygen atoms in total. The van der Waals surface area contributed by atoms with Crippen LogP contribution in [0.4, 0.5) is 16.2 Å². The first-order chi connectivity index (χ1) is 9.78. The summed E-state index contributed by atoms with van der Waals surface area (Å²) in [6, 6.07) is 6.30. The minimum absolute atomic E-state index is 0.0480. The number of carbonyl (C=O) groups excluding carboxylic acids is 1. The highest BCUT2D eigenvalue weighted by Gasteiger charge is 2.15. The maximum absolute atomic E-state index is 11.4. The number of nitro groups is 1. The highest BCUT2D eigenvalue weighted by molar-refractivity contribution is 5.67. The van der Waals surface area contributed by atoms with Crippen molar-refractivity contribution < 1.29 is 14.5 Å². The number of amides is 1. The second-order valence-electron chi connectivity index (χ2n) is 5.52. The molecule has 1 aromatic rings. The molecule has 0 aliphatic carbocycles. The lowest BCUT2D eigenvalue weighted by atomic mass is 10.2. The van der Waals surface area contributed by atoms with Crippen molar-refractivity contribution in [2.75, 3.05) is 18.4 Å². The third-order valence-electron chi connectivity index (χ3n) is 2.41. The van der Waals surface area contributed by atoms with Crippen molar-refractivity contribution in [2.24, 2.45) is 0 Å². The monoisotopic (exact) mass is 295 g/mol. The van der Waals surface area contributed by atoms with Crippen molar-refractivity contribution in [1.82, 2.24) is 5.32 Å². The van der Waals surface area contributed by atoms with Crippen molar-refractivity contribution in [3.05, 3.63) is 34.4 Å². The molecule has 0 aliphatic heterocycles. The fourth-order valence-corrected chi connectivity index (χ4v) is 1.56. The number of rotatable bonds is 6. The van der Waals surface area contributed by atoms with Gasteiger partial charge in [-0.1, -0.05) is 6.07 Å². The van der Waals surface area contributed by atoms with Crippen LogP contribution in [-0.4, -0.2) is 29.7 Å². The lowest BCUT2D eigenvalue weighted by molar-refractivity contribution is -0.384. The fourth-order valence-electron chi connectivity index (χ4n) is 1.56. The third-order valence-corrected chi connectivity index (χ3v) is 2.41.